The Hall–Kier alpha value is -1.44. The molecule has 1 fully saturated rings. The second-order valence-electron chi connectivity index (χ2n) is 5.78. The van der Waals surface area contributed by atoms with E-state index in [-0.39, 0.29) is 16.8 Å². The lowest BCUT2D eigenvalue weighted by Gasteiger charge is -2.17. The van der Waals surface area contributed by atoms with Crippen molar-refractivity contribution in [1.82, 2.24) is 9.79 Å². The highest BCUT2D eigenvalue weighted by molar-refractivity contribution is 7.89. The zero-order chi connectivity index (χ0) is 16.9. The molecule has 0 radical (unpaired) electrons. The third kappa shape index (κ3) is 4.53. The highest BCUT2D eigenvalue weighted by Gasteiger charge is 2.21. The average molecular weight is 340 g/mol. The summed E-state index contributed by atoms with van der Waals surface area (Å²) >= 11 is 0. The Morgan fingerprint density at radius 2 is 1.70 bits per heavy atom. The van der Waals surface area contributed by atoms with Crippen molar-refractivity contribution in [3.8, 4) is 0 Å². The standard InChI is InChI=1S/C16H24N2O4S/c1-18(22-2)23(20,21)15-11-9-13(10-12-15)16(19)17-14-7-5-3-4-6-8-14/h9-12,14H,3-8H2,1-2H3,(H,17,19). The fraction of sp³-hybridized carbons (Fsp3) is 0.562. The summed E-state index contributed by atoms with van der Waals surface area (Å²) in [5.41, 5.74) is 0.466. The lowest BCUT2D eigenvalue weighted by molar-refractivity contribution is -0.0258. The van der Waals surface area contributed by atoms with Crippen LogP contribution in [-0.2, 0) is 14.9 Å². The van der Waals surface area contributed by atoms with Gasteiger partial charge in [0.15, 0.2) is 0 Å². The fourth-order valence-corrected chi connectivity index (χ4v) is 3.69. The van der Waals surface area contributed by atoms with Crippen molar-refractivity contribution in [2.24, 2.45) is 0 Å². The zero-order valence-corrected chi connectivity index (χ0v) is 14.4. The van der Waals surface area contributed by atoms with E-state index in [9.17, 15) is 13.2 Å². The van der Waals surface area contributed by atoms with Gasteiger partial charge in [-0.3, -0.25) is 9.63 Å². The van der Waals surface area contributed by atoms with Gasteiger partial charge >= 0.3 is 0 Å². The number of benzene rings is 1. The largest absolute Gasteiger partial charge is 0.349 e. The first-order valence-corrected chi connectivity index (χ1v) is 9.33. The lowest BCUT2D eigenvalue weighted by Crippen LogP contribution is -2.34. The summed E-state index contributed by atoms with van der Waals surface area (Å²) < 4.78 is 25.0. The second-order valence-corrected chi connectivity index (χ2v) is 7.72. The molecular formula is C16H24N2O4S. The van der Waals surface area contributed by atoms with Crippen LogP contribution in [0.25, 0.3) is 0 Å². The molecule has 0 heterocycles. The smallest absolute Gasteiger partial charge is 0.264 e. The van der Waals surface area contributed by atoms with Crippen LogP contribution in [0.4, 0.5) is 0 Å². The number of carbonyl (C=O) groups is 1. The van der Waals surface area contributed by atoms with Crippen LogP contribution >= 0.6 is 0 Å². The Morgan fingerprint density at radius 3 is 2.22 bits per heavy atom. The van der Waals surface area contributed by atoms with Crippen molar-refractivity contribution in [2.45, 2.75) is 49.5 Å². The van der Waals surface area contributed by atoms with Gasteiger partial charge in [-0.2, -0.15) is 0 Å². The van der Waals surface area contributed by atoms with Crippen molar-refractivity contribution >= 4 is 15.9 Å². The van der Waals surface area contributed by atoms with Crippen molar-refractivity contribution < 1.29 is 18.0 Å². The quantitative estimate of drug-likeness (QED) is 0.659. The average Bonchev–Trinajstić information content (AvgIpc) is 2.82. The maximum absolute atomic E-state index is 12.3. The second kappa shape index (κ2) is 7.90. The van der Waals surface area contributed by atoms with E-state index < -0.39 is 10.0 Å². The van der Waals surface area contributed by atoms with Crippen molar-refractivity contribution in [3.63, 3.8) is 0 Å². The first-order valence-electron chi connectivity index (χ1n) is 7.89. The Bertz CT molecular complexity index is 620. The van der Waals surface area contributed by atoms with Gasteiger partial charge in [0.1, 0.15) is 0 Å². The number of rotatable bonds is 5. The third-order valence-electron chi connectivity index (χ3n) is 4.20. The Morgan fingerprint density at radius 1 is 1.13 bits per heavy atom. The Kier molecular flexibility index (Phi) is 6.15. The maximum Gasteiger partial charge on any atom is 0.264 e. The molecular weight excluding hydrogens is 316 g/mol. The molecule has 0 aromatic heterocycles. The van der Waals surface area contributed by atoms with Crippen LogP contribution in [0.15, 0.2) is 29.2 Å². The molecule has 1 aromatic rings. The lowest BCUT2D eigenvalue weighted by atomic mass is 10.1. The van der Waals surface area contributed by atoms with Gasteiger partial charge in [-0.25, -0.2) is 8.42 Å². The van der Waals surface area contributed by atoms with Gasteiger partial charge in [-0.1, -0.05) is 30.2 Å². The molecule has 2 rings (SSSR count). The molecule has 0 unspecified atom stereocenters. The van der Waals surface area contributed by atoms with Gasteiger partial charge in [0.25, 0.3) is 15.9 Å². The van der Waals surface area contributed by atoms with Crippen LogP contribution in [0.2, 0.25) is 0 Å². The van der Waals surface area contributed by atoms with Gasteiger partial charge in [-0.05, 0) is 37.1 Å². The van der Waals surface area contributed by atoms with E-state index in [1.54, 1.807) is 0 Å². The molecule has 1 amide bonds. The summed E-state index contributed by atoms with van der Waals surface area (Å²) in [6, 6.07) is 6.12. The number of nitrogens with one attached hydrogen (secondary N) is 1. The van der Waals surface area contributed by atoms with E-state index in [0.717, 1.165) is 30.2 Å². The summed E-state index contributed by atoms with van der Waals surface area (Å²) in [4.78, 5) is 17.1. The molecule has 6 nitrogen and oxygen atoms in total. The maximum atomic E-state index is 12.3. The number of carbonyl (C=O) groups excluding carboxylic acids is 1. The van der Waals surface area contributed by atoms with E-state index in [1.165, 1.54) is 51.3 Å². The topological polar surface area (TPSA) is 75.7 Å². The summed E-state index contributed by atoms with van der Waals surface area (Å²) in [6.45, 7) is 0. The molecule has 0 spiro atoms. The number of hydrogen-bond acceptors (Lipinski definition) is 4. The van der Waals surface area contributed by atoms with Crippen LogP contribution in [0, 0.1) is 0 Å². The minimum Gasteiger partial charge on any atom is -0.349 e. The summed E-state index contributed by atoms with van der Waals surface area (Å²) in [5.74, 6) is -0.152. The minimum absolute atomic E-state index is 0.0906. The molecule has 0 aliphatic heterocycles. The van der Waals surface area contributed by atoms with E-state index in [4.69, 9.17) is 4.84 Å². The molecule has 1 N–H and O–H groups in total. The molecule has 1 aliphatic carbocycles. The van der Waals surface area contributed by atoms with Gasteiger partial charge in [-0.15, -0.1) is 0 Å². The summed E-state index contributed by atoms with van der Waals surface area (Å²) in [5, 5.41) is 3.04. The molecule has 0 bridgehead atoms. The molecule has 128 valence electrons. The van der Waals surface area contributed by atoms with E-state index in [1.807, 2.05) is 0 Å². The number of sulfonamides is 1. The monoisotopic (exact) mass is 340 g/mol. The third-order valence-corrected chi connectivity index (χ3v) is 5.89. The Labute approximate surface area is 137 Å². The molecule has 0 atom stereocenters. The molecule has 0 saturated heterocycles. The van der Waals surface area contributed by atoms with Gasteiger partial charge in [0.05, 0.1) is 12.0 Å². The first kappa shape index (κ1) is 17.9. The summed E-state index contributed by atoms with van der Waals surface area (Å²) in [7, 11) is -1.08. The zero-order valence-electron chi connectivity index (χ0n) is 13.6. The van der Waals surface area contributed by atoms with Crippen LogP contribution in [0.3, 0.4) is 0 Å². The number of hydroxylamine groups is 1. The highest BCUT2D eigenvalue weighted by Crippen LogP contribution is 2.18. The molecule has 1 saturated carbocycles. The highest BCUT2D eigenvalue weighted by atomic mass is 32.2. The SMILES string of the molecule is CON(C)S(=O)(=O)c1ccc(C(=O)NC2CCCCCC2)cc1. The van der Waals surface area contributed by atoms with Crippen LogP contribution in [0.5, 0.6) is 0 Å². The predicted octanol–water partition coefficient (Wildman–Crippen LogP) is 2.32. The van der Waals surface area contributed by atoms with Crippen molar-refractivity contribution in [2.75, 3.05) is 14.2 Å². The normalized spacial score (nSPS) is 17.0. The molecule has 7 heteroatoms. The molecule has 23 heavy (non-hydrogen) atoms. The minimum atomic E-state index is -3.68. The number of hydrogen-bond donors (Lipinski definition) is 1. The van der Waals surface area contributed by atoms with Crippen LogP contribution in [0.1, 0.15) is 48.9 Å². The Balaban J connectivity index is 2.05. The van der Waals surface area contributed by atoms with E-state index in [0.29, 0.717) is 5.56 Å². The predicted molar refractivity (Wildman–Crippen MR) is 87.4 cm³/mol. The molecule has 1 aliphatic rings. The fourth-order valence-electron chi connectivity index (χ4n) is 2.72. The van der Waals surface area contributed by atoms with Crippen molar-refractivity contribution in [3.05, 3.63) is 29.8 Å². The van der Waals surface area contributed by atoms with E-state index >= 15 is 0 Å². The summed E-state index contributed by atoms with van der Waals surface area (Å²) in [6.07, 6.45) is 6.77. The first-order chi connectivity index (χ1) is 10.9. The number of nitrogens with zero attached hydrogens (tertiary/aromatic N) is 1. The van der Waals surface area contributed by atoms with Gasteiger partial charge in [0, 0.05) is 18.7 Å². The van der Waals surface area contributed by atoms with Gasteiger partial charge < -0.3 is 5.32 Å². The van der Waals surface area contributed by atoms with Crippen molar-refractivity contribution in [1.29, 1.82) is 0 Å². The van der Waals surface area contributed by atoms with Gasteiger partial charge in [0.2, 0.25) is 0 Å². The van der Waals surface area contributed by atoms with Crippen LogP contribution < -0.4 is 5.32 Å². The molecule has 1 aromatic carbocycles. The van der Waals surface area contributed by atoms with E-state index in [2.05, 4.69) is 5.32 Å². The van der Waals surface area contributed by atoms with Crippen LogP contribution in [-0.4, -0.2) is 39.0 Å². The number of amides is 1.